The summed E-state index contributed by atoms with van der Waals surface area (Å²) in [6, 6.07) is 48.6. The van der Waals surface area contributed by atoms with Crippen LogP contribution in [0.25, 0.3) is 39.4 Å². The maximum absolute atomic E-state index is 5.46. The highest BCUT2D eigenvalue weighted by molar-refractivity contribution is 6.00. The Balaban J connectivity index is 0.00000277. The quantitative estimate of drug-likeness (QED) is 0.0560. The monoisotopic (exact) mass is 797 g/mol. The Bertz CT molecular complexity index is 2810. The number of hydrogen-bond donors (Lipinski definition) is 2. The highest BCUT2D eigenvalue weighted by Crippen LogP contribution is 2.39. The summed E-state index contributed by atoms with van der Waals surface area (Å²) in [6.07, 6.45) is 19.0. The van der Waals surface area contributed by atoms with Crippen molar-refractivity contribution in [3.63, 3.8) is 0 Å². The predicted octanol–water partition coefficient (Wildman–Crippen LogP) is 13.9. The van der Waals surface area contributed by atoms with E-state index >= 15 is 0 Å². The summed E-state index contributed by atoms with van der Waals surface area (Å²) in [7, 11) is 1.87. The van der Waals surface area contributed by atoms with Crippen molar-refractivity contribution in [2.24, 2.45) is 9.98 Å². The van der Waals surface area contributed by atoms with Crippen LogP contribution in [-0.2, 0) is 6.42 Å². The fourth-order valence-corrected chi connectivity index (χ4v) is 7.92. The van der Waals surface area contributed by atoms with Gasteiger partial charge in [0.15, 0.2) is 0 Å². The number of allylic oxidation sites excluding steroid dienone is 7. The van der Waals surface area contributed by atoms with Crippen molar-refractivity contribution in [2.45, 2.75) is 46.6 Å². The number of benzene rings is 6. The van der Waals surface area contributed by atoms with Crippen molar-refractivity contribution in [3.05, 3.63) is 227 Å². The molecule has 0 amide bonds. The lowest BCUT2D eigenvalue weighted by Crippen LogP contribution is -2.35. The molecular weight excluding hydrogens is 743 g/mol. The number of nitrogens with zero attached hydrogens (tertiary/aromatic N) is 3. The van der Waals surface area contributed by atoms with Gasteiger partial charge in [0.2, 0.25) is 0 Å². The van der Waals surface area contributed by atoms with Gasteiger partial charge in [-0.1, -0.05) is 172 Å². The van der Waals surface area contributed by atoms with Crippen LogP contribution in [0.15, 0.2) is 198 Å². The molecule has 0 bridgehead atoms. The molecule has 6 aromatic carbocycles. The first kappa shape index (κ1) is 42.1. The van der Waals surface area contributed by atoms with Crippen LogP contribution in [0, 0.1) is 0 Å². The fraction of sp³-hybridized carbons (Fsp3) is 0.143. The number of nitrogens with one attached hydrogen (secondary N) is 2. The third-order valence-electron chi connectivity index (χ3n) is 10.9. The molecule has 0 spiro atoms. The summed E-state index contributed by atoms with van der Waals surface area (Å²) in [4.78, 5) is 10.7. The van der Waals surface area contributed by atoms with Crippen LogP contribution in [0.5, 0.6) is 0 Å². The molecule has 0 fully saturated rings. The highest BCUT2D eigenvalue weighted by Gasteiger charge is 2.25. The zero-order valence-corrected chi connectivity index (χ0v) is 35.9. The molecule has 0 aliphatic heterocycles. The Morgan fingerprint density at radius 2 is 1.49 bits per heavy atom. The molecule has 1 unspecified atom stereocenters. The summed E-state index contributed by atoms with van der Waals surface area (Å²) in [6.45, 7) is 12.6. The van der Waals surface area contributed by atoms with E-state index in [4.69, 9.17) is 9.98 Å². The average Bonchev–Trinajstić information content (AvgIpc) is 3.62. The van der Waals surface area contributed by atoms with Gasteiger partial charge in [-0.2, -0.15) is 0 Å². The van der Waals surface area contributed by atoms with E-state index in [1.807, 2.05) is 64.2 Å². The van der Waals surface area contributed by atoms with Gasteiger partial charge in [-0.3, -0.25) is 9.98 Å². The van der Waals surface area contributed by atoms with Crippen molar-refractivity contribution in [2.75, 3.05) is 7.05 Å². The number of rotatable bonds is 12. The molecule has 1 aromatic heterocycles. The summed E-state index contributed by atoms with van der Waals surface area (Å²) in [5, 5.41) is 4.63. The molecule has 8 rings (SSSR count). The van der Waals surface area contributed by atoms with E-state index in [9.17, 15) is 0 Å². The van der Waals surface area contributed by atoms with E-state index in [0.717, 1.165) is 85.3 Å². The van der Waals surface area contributed by atoms with E-state index in [1.165, 1.54) is 16.6 Å². The number of amidine groups is 1. The van der Waals surface area contributed by atoms with Crippen LogP contribution in [0.2, 0.25) is 0 Å². The molecule has 1 heterocycles. The van der Waals surface area contributed by atoms with Gasteiger partial charge in [0, 0.05) is 29.3 Å². The van der Waals surface area contributed by atoms with Crippen molar-refractivity contribution >= 4 is 51.4 Å². The summed E-state index contributed by atoms with van der Waals surface area (Å²) < 4.78 is 2.41. The summed E-state index contributed by atoms with van der Waals surface area (Å²) in [5.74, 6) is 0.765. The van der Waals surface area contributed by atoms with Gasteiger partial charge < -0.3 is 9.99 Å². The second-order valence-corrected chi connectivity index (χ2v) is 14.7. The van der Waals surface area contributed by atoms with E-state index < -0.39 is 0 Å². The van der Waals surface area contributed by atoms with Crippen molar-refractivity contribution in [1.29, 1.82) is 0 Å². The van der Waals surface area contributed by atoms with Crippen molar-refractivity contribution < 1.29 is 0 Å². The van der Waals surface area contributed by atoms with Crippen molar-refractivity contribution in [3.8, 4) is 5.69 Å². The van der Waals surface area contributed by atoms with Gasteiger partial charge in [0.25, 0.3) is 0 Å². The van der Waals surface area contributed by atoms with Crippen LogP contribution in [0.3, 0.4) is 0 Å². The zero-order chi connectivity index (χ0) is 42.6. The minimum absolute atomic E-state index is 0.290. The minimum Gasteiger partial charge on any atom is -0.307 e. The molecule has 1 aliphatic carbocycles. The van der Waals surface area contributed by atoms with Gasteiger partial charge in [-0.05, 0) is 101 Å². The van der Waals surface area contributed by atoms with Gasteiger partial charge >= 0.3 is 0 Å². The molecule has 5 nitrogen and oxygen atoms in total. The molecular formula is C56H55N5. The number of fused-ring (bicyclic) bond motifs is 3. The lowest BCUT2D eigenvalue weighted by molar-refractivity contribution is 0.752. The van der Waals surface area contributed by atoms with E-state index in [1.54, 1.807) is 0 Å². The fourth-order valence-electron chi connectivity index (χ4n) is 7.92. The average molecular weight is 798 g/mol. The van der Waals surface area contributed by atoms with E-state index in [2.05, 4.69) is 181 Å². The topological polar surface area (TPSA) is 53.7 Å². The lowest BCUT2D eigenvalue weighted by atomic mass is 9.93. The molecule has 0 radical (unpaired) electrons. The second kappa shape index (κ2) is 20.3. The molecule has 304 valence electrons. The van der Waals surface area contributed by atoms with Crippen LogP contribution in [-0.4, -0.2) is 23.7 Å². The van der Waals surface area contributed by atoms with Gasteiger partial charge in [0.1, 0.15) is 11.9 Å². The molecule has 2 N–H and O–H groups in total. The third-order valence-corrected chi connectivity index (χ3v) is 10.9. The lowest BCUT2D eigenvalue weighted by Gasteiger charge is -2.21. The molecule has 0 saturated carbocycles. The zero-order valence-electron chi connectivity index (χ0n) is 35.9. The Morgan fingerprint density at radius 1 is 0.787 bits per heavy atom. The maximum atomic E-state index is 5.46. The Morgan fingerprint density at radius 3 is 2.25 bits per heavy atom. The number of hydrogen-bond acceptors (Lipinski definition) is 3. The SMILES string of the molecule is C=C(/C=C\C=C/C)/C(C)=C/c1c2c(n(-c3ccc(C(N=C(NNC)c4ccccc4)c4ccccc4)c4ccccc34)c1C=Nc1ccc3ccccc3c1)C=CCC2.CC. The smallest absolute Gasteiger partial charge is 0.143 e. The van der Waals surface area contributed by atoms with Crippen LogP contribution < -0.4 is 10.9 Å². The largest absolute Gasteiger partial charge is 0.307 e. The second-order valence-electron chi connectivity index (χ2n) is 14.7. The van der Waals surface area contributed by atoms with Crippen LogP contribution in [0.1, 0.15) is 79.4 Å². The van der Waals surface area contributed by atoms with E-state index in [0.29, 0.717) is 0 Å². The Labute approximate surface area is 361 Å². The normalized spacial score (nSPS) is 13.5. The Kier molecular flexibility index (Phi) is 14.0. The van der Waals surface area contributed by atoms with Gasteiger partial charge in [-0.15, -0.1) is 0 Å². The number of aromatic nitrogens is 1. The van der Waals surface area contributed by atoms with Crippen LogP contribution >= 0.6 is 0 Å². The molecule has 0 saturated heterocycles. The first-order valence-corrected chi connectivity index (χ1v) is 21.3. The first-order valence-electron chi connectivity index (χ1n) is 21.3. The van der Waals surface area contributed by atoms with Gasteiger partial charge in [-0.25, -0.2) is 5.43 Å². The summed E-state index contributed by atoms with van der Waals surface area (Å²) >= 11 is 0. The first-order chi connectivity index (χ1) is 30.0. The van der Waals surface area contributed by atoms with Crippen molar-refractivity contribution in [1.82, 2.24) is 15.4 Å². The van der Waals surface area contributed by atoms with E-state index in [-0.39, 0.29) is 6.04 Å². The van der Waals surface area contributed by atoms with Gasteiger partial charge in [0.05, 0.1) is 23.3 Å². The maximum Gasteiger partial charge on any atom is 0.143 e. The third kappa shape index (κ3) is 9.38. The molecule has 61 heavy (non-hydrogen) atoms. The highest BCUT2D eigenvalue weighted by atomic mass is 15.4. The summed E-state index contributed by atoms with van der Waals surface area (Å²) in [5.41, 5.74) is 18.4. The number of hydrazine groups is 1. The minimum atomic E-state index is -0.290. The standard InChI is InChI=1S/C54H49N5.C2H6/c1-5-6-9-20-38(2)39(3)35-49-47-29-18-19-30-50(47)59(52(49)37-56-44-32-31-40-21-14-15-26-43(40)36-44)51-34-33-48(45-27-16-17-28-46(45)51)53(41-22-10-7-11-23-41)57-54(58-55-4)42-24-12-8-13-25-42;1-2/h5-17,19-28,30-37,53,55H,2,18,29H2,1,3-4H3,(H,57,58);1-2H3/b6-5-,20-9-,39-35+,56-37?;. The predicted molar refractivity (Wildman–Crippen MR) is 263 cm³/mol. The molecule has 1 atom stereocenters. The Hall–Kier alpha value is -7.08. The number of aliphatic imine (C=N–C) groups is 2. The molecule has 7 aromatic rings. The van der Waals surface area contributed by atoms with Crippen LogP contribution in [0.4, 0.5) is 5.69 Å². The molecule has 1 aliphatic rings. The molecule has 5 heteroatoms.